The molecule has 4 fully saturated rings. The minimum absolute atomic E-state index is 0.0544. The molecule has 0 spiro atoms. The normalized spacial score (nSPS) is 42.4. The van der Waals surface area contributed by atoms with Crippen molar-refractivity contribution in [2.45, 2.75) is 80.2 Å². The van der Waals surface area contributed by atoms with E-state index in [9.17, 15) is 8.42 Å². The molecule has 0 aromatic rings. The van der Waals surface area contributed by atoms with Crippen molar-refractivity contribution in [3.63, 3.8) is 0 Å². The van der Waals surface area contributed by atoms with Crippen LogP contribution in [0.5, 0.6) is 0 Å². The highest BCUT2D eigenvalue weighted by atomic mass is 32.2. The van der Waals surface area contributed by atoms with Gasteiger partial charge in [-0.1, -0.05) is 38.5 Å². The Hall–Kier alpha value is -0.130. The third-order valence-electron chi connectivity index (χ3n) is 7.02. The molecule has 0 unspecified atom stereocenters. The number of ether oxygens (including phenoxy) is 1. The second kappa shape index (κ2) is 6.30. The molecule has 2 aliphatic heterocycles. The SMILES string of the molecule is O=S1(=O)[C@H](C2CCCCC2)[C@]2(N3CCOCC3)CCCCC[C@@H]21. The highest BCUT2D eigenvalue weighted by molar-refractivity contribution is 7.94. The predicted molar refractivity (Wildman–Crippen MR) is 91.3 cm³/mol. The van der Waals surface area contributed by atoms with E-state index >= 15 is 0 Å². The first-order valence-electron chi connectivity index (χ1n) is 9.73. The van der Waals surface area contributed by atoms with E-state index in [1.165, 1.54) is 32.1 Å². The number of sulfone groups is 1. The predicted octanol–water partition coefficient (Wildman–Crippen LogP) is 2.77. The zero-order valence-corrected chi connectivity index (χ0v) is 15.0. The fourth-order valence-electron chi connectivity index (χ4n) is 6.12. The van der Waals surface area contributed by atoms with E-state index in [1.807, 2.05) is 0 Å². The molecule has 2 heterocycles. The largest absolute Gasteiger partial charge is 0.379 e. The zero-order valence-electron chi connectivity index (χ0n) is 14.2. The van der Waals surface area contributed by atoms with E-state index in [-0.39, 0.29) is 16.0 Å². The monoisotopic (exact) mass is 341 g/mol. The van der Waals surface area contributed by atoms with Crippen LogP contribution in [0.25, 0.3) is 0 Å². The summed E-state index contributed by atoms with van der Waals surface area (Å²) in [6.07, 6.45) is 11.5. The molecule has 2 saturated heterocycles. The Morgan fingerprint density at radius 2 is 1.52 bits per heavy atom. The van der Waals surface area contributed by atoms with Crippen LogP contribution in [0.2, 0.25) is 0 Å². The maximum atomic E-state index is 13.2. The van der Waals surface area contributed by atoms with E-state index in [1.54, 1.807) is 0 Å². The lowest BCUT2D eigenvalue weighted by molar-refractivity contribution is -0.0477. The molecule has 0 aromatic carbocycles. The lowest BCUT2D eigenvalue weighted by atomic mass is 9.73. The Morgan fingerprint density at radius 1 is 0.870 bits per heavy atom. The molecule has 0 aromatic heterocycles. The third kappa shape index (κ3) is 2.49. The van der Waals surface area contributed by atoms with E-state index in [0.717, 1.165) is 58.4 Å². The molecular formula is C18H31NO3S. The highest BCUT2D eigenvalue weighted by Gasteiger charge is 2.69. The summed E-state index contributed by atoms with van der Waals surface area (Å²) in [5.41, 5.74) is -0.0544. The van der Waals surface area contributed by atoms with Crippen LogP contribution in [0.4, 0.5) is 0 Å². The van der Waals surface area contributed by atoms with Gasteiger partial charge in [-0.25, -0.2) is 8.42 Å². The minimum atomic E-state index is -2.94. The van der Waals surface area contributed by atoms with Crippen molar-refractivity contribution in [1.29, 1.82) is 0 Å². The van der Waals surface area contributed by atoms with Gasteiger partial charge in [0.1, 0.15) is 0 Å². The molecule has 3 atom stereocenters. The molecule has 132 valence electrons. The first kappa shape index (κ1) is 16.3. The third-order valence-corrected chi connectivity index (χ3v) is 9.96. The summed E-state index contributed by atoms with van der Waals surface area (Å²) in [4.78, 5) is 2.55. The lowest BCUT2D eigenvalue weighted by Crippen LogP contribution is -2.79. The van der Waals surface area contributed by atoms with Gasteiger partial charge < -0.3 is 4.74 Å². The van der Waals surface area contributed by atoms with Crippen LogP contribution in [-0.2, 0) is 14.6 Å². The molecule has 5 heteroatoms. The van der Waals surface area contributed by atoms with Gasteiger partial charge in [0, 0.05) is 13.1 Å². The quantitative estimate of drug-likeness (QED) is 0.775. The first-order valence-corrected chi connectivity index (χ1v) is 11.3. The maximum Gasteiger partial charge on any atom is 0.160 e. The van der Waals surface area contributed by atoms with Gasteiger partial charge >= 0.3 is 0 Å². The second-order valence-electron chi connectivity index (χ2n) is 8.09. The van der Waals surface area contributed by atoms with Gasteiger partial charge in [0.25, 0.3) is 0 Å². The maximum absolute atomic E-state index is 13.2. The fourth-order valence-corrected chi connectivity index (χ4v) is 9.54. The van der Waals surface area contributed by atoms with Crippen molar-refractivity contribution in [1.82, 2.24) is 4.90 Å². The Balaban J connectivity index is 1.71. The molecule has 0 bridgehead atoms. The summed E-state index contributed by atoms with van der Waals surface area (Å²) in [5.74, 6) is 0.408. The van der Waals surface area contributed by atoms with Gasteiger partial charge in [-0.15, -0.1) is 0 Å². The summed E-state index contributed by atoms with van der Waals surface area (Å²) in [6.45, 7) is 3.39. The minimum Gasteiger partial charge on any atom is -0.379 e. The van der Waals surface area contributed by atoms with Gasteiger partial charge in [0.15, 0.2) is 9.84 Å². The molecule has 4 rings (SSSR count). The van der Waals surface area contributed by atoms with Gasteiger partial charge in [-0.3, -0.25) is 4.90 Å². The highest BCUT2D eigenvalue weighted by Crippen LogP contribution is 2.56. The Bertz CT molecular complexity index is 522. The van der Waals surface area contributed by atoms with Gasteiger partial charge in [-0.05, 0) is 31.6 Å². The van der Waals surface area contributed by atoms with Gasteiger partial charge in [-0.2, -0.15) is 0 Å². The summed E-state index contributed by atoms with van der Waals surface area (Å²) in [7, 11) is -2.94. The van der Waals surface area contributed by atoms with Crippen molar-refractivity contribution in [3.8, 4) is 0 Å². The molecule has 0 N–H and O–H groups in total. The van der Waals surface area contributed by atoms with Gasteiger partial charge in [0.05, 0.1) is 29.3 Å². The molecule has 4 nitrogen and oxygen atoms in total. The number of hydrogen-bond donors (Lipinski definition) is 0. The smallest absolute Gasteiger partial charge is 0.160 e. The summed E-state index contributed by atoms with van der Waals surface area (Å²) < 4.78 is 32.0. The van der Waals surface area contributed by atoms with Crippen molar-refractivity contribution in [3.05, 3.63) is 0 Å². The molecule has 2 aliphatic carbocycles. The topological polar surface area (TPSA) is 46.6 Å². The Kier molecular flexibility index (Phi) is 4.48. The van der Waals surface area contributed by atoms with Crippen LogP contribution in [0.1, 0.15) is 64.2 Å². The van der Waals surface area contributed by atoms with Crippen molar-refractivity contribution >= 4 is 9.84 Å². The van der Waals surface area contributed by atoms with Crippen LogP contribution in [0.3, 0.4) is 0 Å². The second-order valence-corrected chi connectivity index (χ2v) is 10.3. The number of hydrogen-bond acceptors (Lipinski definition) is 4. The van der Waals surface area contributed by atoms with Crippen LogP contribution in [0.15, 0.2) is 0 Å². The van der Waals surface area contributed by atoms with Crippen molar-refractivity contribution < 1.29 is 13.2 Å². The molecule has 23 heavy (non-hydrogen) atoms. The van der Waals surface area contributed by atoms with Crippen LogP contribution in [-0.4, -0.2) is 55.7 Å². The Morgan fingerprint density at radius 3 is 2.26 bits per heavy atom. The molecule has 2 saturated carbocycles. The Labute approximate surface area is 140 Å². The standard InChI is InChI=1S/C18H31NO3S/c20-23(21)16-9-5-2-6-10-18(16,19-11-13-22-14-12-19)17(23)15-7-3-1-4-8-15/h15-17H,1-14H2/t16-,17+,18-/m0/s1. The molecule has 4 aliphatic rings. The fraction of sp³-hybridized carbons (Fsp3) is 1.00. The van der Waals surface area contributed by atoms with Crippen molar-refractivity contribution in [2.75, 3.05) is 26.3 Å². The van der Waals surface area contributed by atoms with E-state index in [2.05, 4.69) is 4.90 Å². The van der Waals surface area contributed by atoms with Gasteiger partial charge in [0.2, 0.25) is 0 Å². The first-order chi connectivity index (χ1) is 11.2. The summed E-state index contributed by atoms with van der Waals surface area (Å²) in [5, 5.41) is -0.181. The van der Waals surface area contributed by atoms with E-state index in [0.29, 0.717) is 5.92 Å². The molecular weight excluding hydrogens is 310 g/mol. The molecule has 0 radical (unpaired) electrons. The molecule has 0 amide bonds. The zero-order chi connectivity index (χ0) is 15.9. The van der Waals surface area contributed by atoms with E-state index in [4.69, 9.17) is 4.74 Å². The van der Waals surface area contributed by atoms with Crippen LogP contribution >= 0.6 is 0 Å². The van der Waals surface area contributed by atoms with Crippen LogP contribution in [0, 0.1) is 5.92 Å². The number of nitrogens with zero attached hydrogens (tertiary/aromatic N) is 1. The summed E-state index contributed by atoms with van der Waals surface area (Å²) in [6, 6.07) is 0. The van der Waals surface area contributed by atoms with Crippen LogP contribution < -0.4 is 0 Å². The number of rotatable bonds is 2. The summed E-state index contributed by atoms with van der Waals surface area (Å²) >= 11 is 0. The average Bonchev–Trinajstić information content (AvgIpc) is 2.78. The average molecular weight is 342 g/mol. The number of morpholine rings is 1. The number of fused-ring (bicyclic) bond motifs is 1. The lowest BCUT2D eigenvalue weighted by Gasteiger charge is -2.63. The van der Waals surface area contributed by atoms with E-state index < -0.39 is 9.84 Å². The van der Waals surface area contributed by atoms with Crippen molar-refractivity contribution in [2.24, 2.45) is 5.92 Å².